The molecule has 154 valence electrons. The molecule has 1 aromatic heterocycles. The lowest BCUT2D eigenvalue weighted by Crippen LogP contribution is -2.16. The van der Waals surface area contributed by atoms with Gasteiger partial charge in [-0.3, -0.25) is 0 Å². The standard InChI is InChI=1S/C19H21FN2O.C2H2O4/c1-13-17(18-11-16(23-2)7-8-19(18)22-13)9-10-21-12-14-3-5-15(20)6-4-14;3-1(4)2(5)6/h3-8,11,21-22H,9-10,12H2,1-2H3;(H,3,4)(H,5,6). The van der Waals surface area contributed by atoms with E-state index >= 15 is 0 Å². The van der Waals surface area contributed by atoms with Crippen LogP contribution in [0.1, 0.15) is 16.8 Å². The number of carboxylic acids is 2. The maximum atomic E-state index is 12.9. The smallest absolute Gasteiger partial charge is 0.414 e. The molecule has 3 aromatic rings. The molecule has 0 aliphatic carbocycles. The number of H-pyrrole nitrogens is 1. The summed E-state index contributed by atoms with van der Waals surface area (Å²) in [6, 6.07) is 12.7. The number of aryl methyl sites for hydroxylation is 1. The molecule has 0 saturated carbocycles. The first kappa shape index (κ1) is 21.9. The molecule has 8 heteroatoms. The molecule has 0 unspecified atom stereocenters. The second-order valence-corrected chi connectivity index (χ2v) is 6.30. The highest BCUT2D eigenvalue weighted by molar-refractivity contribution is 6.27. The fourth-order valence-corrected chi connectivity index (χ4v) is 2.86. The highest BCUT2D eigenvalue weighted by Gasteiger charge is 2.09. The zero-order valence-electron chi connectivity index (χ0n) is 16.2. The Hall–Kier alpha value is -3.39. The Kier molecular flexibility index (Phi) is 7.73. The summed E-state index contributed by atoms with van der Waals surface area (Å²) in [5.74, 6) is -2.97. The van der Waals surface area contributed by atoms with Gasteiger partial charge in [0, 0.05) is 23.1 Å². The van der Waals surface area contributed by atoms with Gasteiger partial charge in [-0.15, -0.1) is 0 Å². The summed E-state index contributed by atoms with van der Waals surface area (Å²) in [5.41, 5.74) is 4.72. The summed E-state index contributed by atoms with van der Waals surface area (Å²) in [5, 5.41) is 19.4. The number of carbonyl (C=O) groups is 2. The van der Waals surface area contributed by atoms with Crippen molar-refractivity contribution in [3.63, 3.8) is 0 Å². The van der Waals surface area contributed by atoms with Crippen LogP contribution in [0.15, 0.2) is 42.5 Å². The van der Waals surface area contributed by atoms with Gasteiger partial charge in [-0.05, 0) is 61.3 Å². The van der Waals surface area contributed by atoms with Crippen LogP contribution in [0, 0.1) is 12.7 Å². The SMILES string of the molecule is COc1ccc2[nH]c(C)c(CCNCc3ccc(F)cc3)c2c1.O=C(O)C(=O)O. The molecule has 2 aromatic carbocycles. The second-order valence-electron chi connectivity index (χ2n) is 6.30. The van der Waals surface area contributed by atoms with Crippen LogP contribution in [0.4, 0.5) is 4.39 Å². The number of carboxylic acid groups (broad SMARTS) is 2. The summed E-state index contributed by atoms with van der Waals surface area (Å²) < 4.78 is 18.2. The molecule has 0 amide bonds. The molecular weight excluding hydrogens is 379 g/mol. The number of benzene rings is 2. The highest BCUT2D eigenvalue weighted by Crippen LogP contribution is 2.26. The van der Waals surface area contributed by atoms with Crippen LogP contribution in [-0.4, -0.2) is 40.8 Å². The molecule has 0 saturated heterocycles. The number of rotatable bonds is 6. The van der Waals surface area contributed by atoms with Gasteiger partial charge < -0.3 is 25.3 Å². The zero-order chi connectivity index (χ0) is 21.4. The average Bonchev–Trinajstić information content (AvgIpc) is 3.01. The number of aliphatic carboxylic acids is 2. The highest BCUT2D eigenvalue weighted by atomic mass is 19.1. The van der Waals surface area contributed by atoms with E-state index in [1.54, 1.807) is 7.11 Å². The molecule has 29 heavy (non-hydrogen) atoms. The predicted molar refractivity (Wildman–Crippen MR) is 107 cm³/mol. The molecule has 0 atom stereocenters. The number of methoxy groups -OCH3 is 1. The molecule has 4 N–H and O–H groups in total. The number of nitrogens with one attached hydrogen (secondary N) is 2. The van der Waals surface area contributed by atoms with Crippen molar-refractivity contribution in [3.05, 3.63) is 65.1 Å². The third kappa shape index (κ3) is 6.32. The largest absolute Gasteiger partial charge is 0.497 e. The van der Waals surface area contributed by atoms with E-state index in [2.05, 4.69) is 29.4 Å². The topological polar surface area (TPSA) is 112 Å². The Labute approximate surface area is 167 Å². The third-order valence-electron chi connectivity index (χ3n) is 4.30. The van der Waals surface area contributed by atoms with Gasteiger partial charge >= 0.3 is 11.9 Å². The molecule has 1 heterocycles. The fourth-order valence-electron chi connectivity index (χ4n) is 2.86. The van der Waals surface area contributed by atoms with Gasteiger partial charge in [0.25, 0.3) is 0 Å². The van der Waals surface area contributed by atoms with Gasteiger partial charge in [0.1, 0.15) is 11.6 Å². The first-order valence-electron chi connectivity index (χ1n) is 8.88. The van der Waals surface area contributed by atoms with E-state index in [4.69, 9.17) is 24.5 Å². The summed E-state index contributed by atoms with van der Waals surface area (Å²) in [6.45, 7) is 3.70. The molecule has 0 fully saturated rings. The number of aromatic nitrogens is 1. The van der Waals surface area contributed by atoms with Crippen molar-refractivity contribution >= 4 is 22.8 Å². The molecular formula is C21H23FN2O5. The van der Waals surface area contributed by atoms with Crippen molar-refractivity contribution < 1.29 is 28.9 Å². The zero-order valence-corrected chi connectivity index (χ0v) is 16.2. The van der Waals surface area contributed by atoms with Gasteiger partial charge in [0.05, 0.1) is 7.11 Å². The van der Waals surface area contributed by atoms with E-state index in [0.29, 0.717) is 0 Å². The first-order valence-corrected chi connectivity index (χ1v) is 8.88. The van der Waals surface area contributed by atoms with Crippen LogP contribution in [0.25, 0.3) is 10.9 Å². The van der Waals surface area contributed by atoms with E-state index in [9.17, 15) is 4.39 Å². The van der Waals surface area contributed by atoms with Crippen LogP contribution in [0.2, 0.25) is 0 Å². The molecule has 7 nitrogen and oxygen atoms in total. The second kappa shape index (κ2) is 10.2. The minimum absolute atomic E-state index is 0.197. The fraction of sp³-hybridized carbons (Fsp3) is 0.238. The van der Waals surface area contributed by atoms with Crippen molar-refractivity contribution in [1.29, 1.82) is 0 Å². The minimum atomic E-state index is -1.82. The first-order chi connectivity index (χ1) is 13.8. The lowest BCUT2D eigenvalue weighted by Gasteiger charge is -2.06. The lowest BCUT2D eigenvalue weighted by molar-refractivity contribution is -0.159. The number of hydrogen-bond donors (Lipinski definition) is 4. The summed E-state index contributed by atoms with van der Waals surface area (Å²) in [6.07, 6.45) is 0.931. The van der Waals surface area contributed by atoms with E-state index < -0.39 is 11.9 Å². The molecule has 0 spiro atoms. The van der Waals surface area contributed by atoms with Gasteiger partial charge in [0.2, 0.25) is 0 Å². The van der Waals surface area contributed by atoms with Gasteiger partial charge in [-0.2, -0.15) is 0 Å². The van der Waals surface area contributed by atoms with Crippen LogP contribution >= 0.6 is 0 Å². The number of ether oxygens (including phenoxy) is 1. The van der Waals surface area contributed by atoms with Gasteiger partial charge in [-0.1, -0.05) is 12.1 Å². The van der Waals surface area contributed by atoms with Crippen LogP contribution in [-0.2, 0) is 22.6 Å². The quantitative estimate of drug-likeness (QED) is 0.372. The van der Waals surface area contributed by atoms with E-state index in [1.165, 1.54) is 28.8 Å². The Morgan fingerprint density at radius 1 is 1.10 bits per heavy atom. The normalized spacial score (nSPS) is 10.3. The maximum absolute atomic E-state index is 12.9. The average molecular weight is 402 g/mol. The summed E-state index contributed by atoms with van der Waals surface area (Å²) in [4.78, 5) is 21.6. The van der Waals surface area contributed by atoms with Gasteiger partial charge in [-0.25, -0.2) is 14.0 Å². The number of aromatic amines is 1. The van der Waals surface area contributed by atoms with Crippen molar-refractivity contribution in [1.82, 2.24) is 10.3 Å². The Morgan fingerprint density at radius 3 is 2.34 bits per heavy atom. The number of hydrogen-bond acceptors (Lipinski definition) is 4. The van der Waals surface area contributed by atoms with Crippen LogP contribution in [0.5, 0.6) is 5.75 Å². The number of halogens is 1. The molecule has 0 bridgehead atoms. The van der Waals surface area contributed by atoms with Crippen molar-refractivity contribution in [2.45, 2.75) is 19.9 Å². The summed E-state index contributed by atoms with van der Waals surface area (Å²) >= 11 is 0. The van der Waals surface area contributed by atoms with Crippen molar-refractivity contribution in [3.8, 4) is 5.75 Å². The van der Waals surface area contributed by atoms with Crippen LogP contribution in [0.3, 0.4) is 0 Å². The maximum Gasteiger partial charge on any atom is 0.414 e. The minimum Gasteiger partial charge on any atom is -0.497 e. The molecule has 0 aliphatic heterocycles. The van der Waals surface area contributed by atoms with E-state index in [0.717, 1.165) is 36.3 Å². The monoisotopic (exact) mass is 402 g/mol. The van der Waals surface area contributed by atoms with Crippen LogP contribution < -0.4 is 10.1 Å². The number of fused-ring (bicyclic) bond motifs is 1. The Morgan fingerprint density at radius 2 is 1.76 bits per heavy atom. The van der Waals surface area contributed by atoms with Crippen molar-refractivity contribution in [2.75, 3.05) is 13.7 Å². The Bertz CT molecular complexity index is 971. The molecule has 0 radical (unpaired) electrons. The molecule has 0 aliphatic rings. The predicted octanol–water partition coefficient (Wildman–Crippen LogP) is 3.11. The van der Waals surface area contributed by atoms with Gasteiger partial charge in [0.15, 0.2) is 0 Å². The summed E-state index contributed by atoms with van der Waals surface area (Å²) in [7, 11) is 1.69. The third-order valence-corrected chi connectivity index (χ3v) is 4.30. The molecule has 3 rings (SSSR count). The van der Waals surface area contributed by atoms with E-state index in [-0.39, 0.29) is 5.82 Å². The Balaban J connectivity index is 0.000000438. The van der Waals surface area contributed by atoms with Crippen molar-refractivity contribution in [2.24, 2.45) is 0 Å². The van der Waals surface area contributed by atoms with E-state index in [1.807, 2.05) is 18.2 Å². The lowest BCUT2D eigenvalue weighted by atomic mass is 10.1.